The summed E-state index contributed by atoms with van der Waals surface area (Å²) in [6, 6.07) is 0. The van der Waals surface area contributed by atoms with Crippen LogP contribution in [0.25, 0.3) is 0 Å². The first kappa shape index (κ1) is 16.9. The third kappa shape index (κ3) is 2230. The van der Waals surface area contributed by atoms with Crippen LogP contribution in [0.3, 0.4) is 0 Å². The van der Waals surface area contributed by atoms with Crippen molar-refractivity contribution < 1.29 is 15.3 Å². The Kier molecular flexibility index (Phi) is 267. The Morgan fingerprint density at radius 1 is 1.17 bits per heavy atom. The molecule has 3 heteroatoms. The molecule has 0 saturated heterocycles. The molecule has 0 saturated carbocycles. The second-order valence-electron chi connectivity index (χ2n) is 0.141. The topological polar surface area (TPSA) is 60.7 Å². The van der Waals surface area contributed by atoms with E-state index >= 15 is 0 Å². The lowest BCUT2D eigenvalue weighted by molar-refractivity contribution is 0.0773. The van der Waals surface area contributed by atoms with E-state index in [9.17, 15) is 0 Å². The number of aliphatic hydroxyl groups is 3. The van der Waals surface area contributed by atoms with Gasteiger partial charge < -0.3 is 15.3 Å². The van der Waals surface area contributed by atoms with Gasteiger partial charge in [-0.2, -0.15) is 0 Å². The van der Waals surface area contributed by atoms with Gasteiger partial charge in [0.25, 0.3) is 0 Å². The van der Waals surface area contributed by atoms with Crippen LogP contribution in [-0.2, 0) is 0 Å². The van der Waals surface area contributed by atoms with E-state index < -0.39 is 6.79 Å². The molecule has 0 atom stereocenters. The fourth-order valence-electron chi connectivity index (χ4n) is 0. The Morgan fingerprint density at radius 2 is 1.17 bits per heavy atom. The molecule has 0 rings (SSSR count). The van der Waals surface area contributed by atoms with E-state index in [1.165, 1.54) is 0 Å². The van der Waals surface area contributed by atoms with Crippen LogP contribution in [0.15, 0.2) is 0 Å². The molecule has 0 aromatic rings. The van der Waals surface area contributed by atoms with Gasteiger partial charge in [-0.3, -0.25) is 0 Å². The first-order chi connectivity index (χ1) is 2.41. The van der Waals surface area contributed by atoms with Gasteiger partial charge in [0.05, 0.1) is 0 Å². The second kappa shape index (κ2) is 94.9. The molecule has 0 aromatic heterocycles. The molecule has 0 unspecified atom stereocenters. The average Bonchev–Trinajstić information content (AvgIpc) is 1.46. The molecule has 6 heavy (non-hydrogen) atoms. The lowest BCUT2D eigenvalue weighted by Gasteiger charge is -1.55. The number of aliphatic hydroxyl groups excluding tert-OH is 2. The number of rotatable bonds is 0. The molecule has 0 heterocycles. The minimum atomic E-state index is -0.750. The molecule has 0 fully saturated rings. The van der Waals surface area contributed by atoms with E-state index in [1.54, 1.807) is 0 Å². The second-order valence-corrected chi connectivity index (χ2v) is 0.141. The van der Waals surface area contributed by atoms with E-state index in [0.717, 1.165) is 7.11 Å². The highest BCUT2D eigenvalue weighted by atomic mass is 16.5. The molecule has 0 aliphatic carbocycles. The highest BCUT2D eigenvalue weighted by Gasteiger charge is 1.32. The van der Waals surface area contributed by atoms with Crippen molar-refractivity contribution in [1.29, 1.82) is 0 Å². The molecule has 3 N–H and O–H groups in total. The molecular weight excluding hydrogens is 84.0 g/mol. The van der Waals surface area contributed by atoms with Crippen molar-refractivity contribution in [3.63, 3.8) is 0 Å². The van der Waals surface area contributed by atoms with Crippen LogP contribution in [0.5, 0.6) is 0 Å². The van der Waals surface area contributed by atoms with Gasteiger partial charge in [0.15, 0.2) is 0 Å². The Balaban J connectivity index is -0.0000000275. The van der Waals surface area contributed by atoms with Gasteiger partial charge in [-0.05, 0) is 0 Å². The van der Waals surface area contributed by atoms with E-state index in [4.69, 9.17) is 15.3 Å². The SMILES string of the molecule is C.CO.OCO. The number of hydrogen-bond donors (Lipinski definition) is 3. The van der Waals surface area contributed by atoms with Crippen LogP contribution in [0, 0.1) is 0 Å². The summed E-state index contributed by atoms with van der Waals surface area (Å²) in [7, 11) is 1.00. The van der Waals surface area contributed by atoms with Crippen LogP contribution >= 0.6 is 0 Å². The van der Waals surface area contributed by atoms with E-state index in [0.29, 0.717) is 0 Å². The summed E-state index contributed by atoms with van der Waals surface area (Å²) in [6.07, 6.45) is 0. The van der Waals surface area contributed by atoms with Gasteiger partial charge in [0.2, 0.25) is 0 Å². The average molecular weight is 96.1 g/mol. The quantitative estimate of drug-likeness (QED) is 0.345. The monoisotopic (exact) mass is 96.1 g/mol. The standard InChI is InChI=1S/CH4O2.CH4O.CH4/c2-1-3;1-2;/h2-3H,1H2;2H,1H3;1H4. The van der Waals surface area contributed by atoms with E-state index in [1.807, 2.05) is 0 Å². The number of hydrogen-bond acceptors (Lipinski definition) is 3. The lowest BCUT2D eigenvalue weighted by Crippen LogP contribution is -1.66. The zero-order valence-electron chi connectivity index (χ0n) is 3.05. The fourth-order valence-corrected chi connectivity index (χ4v) is 0. The Hall–Kier alpha value is -0.120. The van der Waals surface area contributed by atoms with Crippen LogP contribution in [0.4, 0.5) is 0 Å². The zero-order chi connectivity index (χ0) is 4.71. The molecule has 0 aliphatic rings. The maximum atomic E-state index is 7.12. The third-order valence-electron chi connectivity index (χ3n) is 0. The van der Waals surface area contributed by atoms with Gasteiger partial charge in [-0.25, -0.2) is 0 Å². The Morgan fingerprint density at radius 3 is 1.17 bits per heavy atom. The lowest BCUT2D eigenvalue weighted by atomic mass is 11.6. The molecule has 0 spiro atoms. The van der Waals surface area contributed by atoms with Crippen molar-refractivity contribution in [3.05, 3.63) is 0 Å². The summed E-state index contributed by atoms with van der Waals surface area (Å²) in [4.78, 5) is 0. The molecule has 0 amide bonds. The Bertz CT molecular complexity index is 6.00. The normalized spacial score (nSPS) is 4.00. The molecule has 0 radical (unpaired) electrons. The fraction of sp³-hybridized carbons (Fsp3) is 1.00. The smallest absolute Gasteiger partial charge is 0.140 e. The predicted octanol–water partition coefficient (Wildman–Crippen LogP) is -0.827. The summed E-state index contributed by atoms with van der Waals surface area (Å²) in [5.41, 5.74) is 0. The minimum Gasteiger partial charge on any atom is -0.400 e. The molecule has 0 bridgehead atoms. The highest BCUT2D eigenvalue weighted by molar-refractivity contribution is 3.50. The summed E-state index contributed by atoms with van der Waals surface area (Å²) >= 11 is 0. The van der Waals surface area contributed by atoms with E-state index in [-0.39, 0.29) is 7.43 Å². The first-order valence-electron chi connectivity index (χ1n) is 1.08. The summed E-state index contributed by atoms with van der Waals surface area (Å²) in [6.45, 7) is -0.750. The van der Waals surface area contributed by atoms with Gasteiger partial charge in [-0.1, -0.05) is 7.43 Å². The van der Waals surface area contributed by atoms with Crippen LogP contribution in [0.1, 0.15) is 7.43 Å². The van der Waals surface area contributed by atoms with Crippen molar-refractivity contribution >= 4 is 0 Å². The molecule has 3 nitrogen and oxygen atoms in total. The van der Waals surface area contributed by atoms with Crippen LogP contribution in [0.2, 0.25) is 0 Å². The van der Waals surface area contributed by atoms with Gasteiger partial charge in [0, 0.05) is 7.11 Å². The first-order valence-corrected chi connectivity index (χ1v) is 1.08. The third-order valence-corrected chi connectivity index (χ3v) is 0. The Labute approximate surface area is 37.9 Å². The van der Waals surface area contributed by atoms with Gasteiger partial charge >= 0.3 is 0 Å². The summed E-state index contributed by atoms with van der Waals surface area (Å²) in [5, 5.41) is 21.2. The van der Waals surface area contributed by atoms with E-state index in [2.05, 4.69) is 0 Å². The van der Waals surface area contributed by atoms with Gasteiger partial charge in [0.1, 0.15) is 6.79 Å². The minimum absolute atomic E-state index is 0. The molecule has 0 aromatic carbocycles. The van der Waals surface area contributed by atoms with Crippen molar-refractivity contribution in [1.82, 2.24) is 0 Å². The van der Waals surface area contributed by atoms with Crippen LogP contribution in [-0.4, -0.2) is 29.2 Å². The van der Waals surface area contributed by atoms with Crippen molar-refractivity contribution in [3.8, 4) is 0 Å². The summed E-state index contributed by atoms with van der Waals surface area (Å²) in [5.74, 6) is 0. The maximum Gasteiger partial charge on any atom is 0.140 e. The summed E-state index contributed by atoms with van der Waals surface area (Å²) < 4.78 is 0. The molecule has 0 aliphatic heterocycles. The van der Waals surface area contributed by atoms with Crippen molar-refractivity contribution in [2.24, 2.45) is 0 Å². The van der Waals surface area contributed by atoms with Crippen LogP contribution < -0.4 is 0 Å². The molecule has 42 valence electrons. The van der Waals surface area contributed by atoms with Gasteiger partial charge in [-0.15, -0.1) is 0 Å². The zero-order valence-corrected chi connectivity index (χ0v) is 3.05. The maximum absolute atomic E-state index is 7.12. The predicted molar refractivity (Wildman–Crippen MR) is 24.2 cm³/mol. The molecular formula is C3H12O3. The van der Waals surface area contributed by atoms with Crippen molar-refractivity contribution in [2.45, 2.75) is 7.43 Å². The largest absolute Gasteiger partial charge is 0.400 e. The van der Waals surface area contributed by atoms with Crippen molar-refractivity contribution in [2.75, 3.05) is 13.9 Å². The highest BCUT2D eigenvalue weighted by Crippen LogP contribution is 1.17.